The zero-order valence-corrected chi connectivity index (χ0v) is 13.7. The highest BCUT2D eigenvalue weighted by atomic mass is 79.9. The van der Waals surface area contributed by atoms with Gasteiger partial charge in [-0.15, -0.1) is 0 Å². The predicted octanol–water partition coefficient (Wildman–Crippen LogP) is 2.62. The van der Waals surface area contributed by atoms with Crippen LogP contribution in [0.25, 0.3) is 0 Å². The quantitative estimate of drug-likeness (QED) is 0.927. The van der Waals surface area contributed by atoms with Gasteiger partial charge >= 0.3 is 0 Å². The summed E-state index contributed by atoms with van der Waals surface area (Å²) in [5.41, 5.74) is 8.36. The topological polar surface area (TPSA) is 32.5 Å². The van der Waals surface area contributed by atoms with Gasteiger partial charge in [-0.2, -0.15) is 0 Å². The average Bonchev–Trinajstić information content (AvgIpc) is 2.38. The van der Waals surface area contributed by atoms with Gasteiger partial charge in [-0.25, -0.2) is 0 Å². The number of piperazine rings is 1. The minimum Gasteiger partial charge on any atom is -0.368 e. The van der Waals surface area contributed by atoms with E-state index in [-0.39, 0.29) is 0 Å². The van der Waals surface area contributed by atoms with Gasteiger partial charge in [0.25, 0.3) is 0 Å². The predicted molar refractivity (Wildman–Crippen MR) is 85.8 cm³/mol. The molecule has 0 aliphatic carbocycles. The van der Waals surface area contributed by atoms with E-state index in [1.165, 1.54) is 15.7 Å². The van der Waals surface area contributed by atoms with Crippen LogP contribution in [0.1, 0.15) is 18.9 Å². The highest BCUT2D eigenvalue weighted by Crippen LogP contribution is 2.26. The Bertz CT molecular complexity index is 435. The van der Waals surface area contributed by atoms with E-state index in [1.807, 2.05) is 0 Å². The third kappa shape index (κ3) is 3.30. The van der Waals surface area contributed by atoms with Crippen molar-refractivity contribution >= 4 is 21.6 Å². The number of rotatable bonds is 3. The summed E-state index contributed by atoms with van der Waals surface area (Å²) in [6.07, 6.45) is 1.06. The van der Waals surface area contributed by atoms with Gasteiger partial charge in [0.2, 0.25) is 0 Å². The SMILES string of the molecule is Cc1cc(N2CC(C)N(C)C(CCN)C2)ccc1Br. The zero-order chi connectivity index (χ0) is 14.0. The van der Waals surface area contributed by atoms with Crippen LogP contribution in [0.3, 0.4) is 0 Å². The van der Waals surface area contributed by atoms with Crippen LogP contribution in [-0.2, 0) is 0 Å². The van der Waals surface area contributed by atoms with Gasteiger partial charge in [0.05, 0.1) is 0 Å². The van der Waals surface area contributed by atoms with Crippen molar-refractivity contribution in [1.82, 2.24) is 4.90 Å². The second kappa shape index (κ2) is 6.25. The number of nitrogens with two attached hydrogens (primary N) is 1. The van der Waals surface area contributed by atoms with Crippen LogP contribution in [0.5, 0.6) is 0 Å². The van der Waals surface area contributed by atoms with Crippen LogP contribution >= 0.6 is 15.9 Å². The Kier molecular flexibility index (Phi) is 4.87. The van der Waals surface area contributed by atoms with Crippen LogP contribution < -0.4 is 10.6 Å². The van der Waals surface area contributed by atoms with Gasteiger partial charge in [0, 0.05) is 35.3 Å². The van der Waals surface area contributed by atoms with E-state index in [1.54, 1.807) is 0 Å². The molecule has 0 aromatic heterocycles. The molecule has 0 bridgehead atoms. The fourth-order valence-electron chi connectivity index (χ4n) is 2.79. The monoisotopic (exact) mass is 325 g/mol. The normalized spacial score (nSPS) is 24.8. The molecule has 19 heavy (non-hydrogen) atoms. The van der Waals surface area contributed by atoms with E-state index in [0.29, 0.717) is 12.1 Å². The molecule has 1 aromatic rings. The highest BCUT2D eigenvalue weighted by molar-refractivity contribution is 9.10. The van der Waals surface area contributed by atoms with E-state index in [9.17, 15) is 0 Å². The first-order chi connectivity index (χ1) is 9.02. The molecule has 1 heterocycles. The van der Waals surface area contributed by atoms with Crippen LogP contribution in [0.4, 0.5) is 5.69 Å². The van der Waals surface area contributed by atoms with Crippen molar-refractivity contribution in [3.63, 3.8) is 0 Å². The number of anilines is 1. The molecule has 0 saturated carbocycles. The number of hydrogen-bond donors (Lipinski definition) is 1. The van der Waals surface area contributed by atoms with Crippen molar-refractivity contribution in [2.45, 2.75) is 32.4 Å². The first-order valence-corrected chi connectivity index (χ1v) is 7.75. The smallest absolute Gasteiger partial charge is 0.0370 e. The third-order valence-corrected chi connectivity index (χ3v) is 5.08. The van der Waals surface area contributed by atoms with E-state index >= 15 is 0 Å². The van der Waals surface area contributed by atoms with Crippen molar-refractivity contribution < 1.29 is 0 Å². The summed E-state index contributed by atoms with van der Waals surface area (Å²) in [6, 6.07) is 7.73. The number of likely N-dealkylation sites (N-methyl/N-ethyl adjacent to an activating group) is 1. The molecular weight excluding hydrogens is 302 g/mol. The summed E-state index contributed by atoms with van der Waals surface area (Å²) >= 11 is 3.57. The minimum absolute atomic E-state index is 0.553. The second-order valence-electron chi connectivity index (χ2n) is 5.58. The summed E-state index contributed by atoms with van der Waals surface area (Å²) in [7, 11) is 2.22. The molecule has 1 saturated heterocycles. The molecule has 2 atom stereocenters. The molecule has 4 heteroatoms. The average molecular weight is 326 g/mol. The standard InChI is InChI=1S/C15H24BrN3/c1-11-8-13(4-5-15(11)16)19-9-12(2)18(3)14(10-19)6-7-17/h4-5,8,12,14H,6-7,9-10,17H2,1-3H3. The Labute approximate surface area is 124 Å². The molecule has 3 nitrogen and oxygen atoms in total. The maximum atomic E-state index is 5.74. The molecule has 2 unspecified atom stereocenters. The van der Waals surface area contributed by atoms with Crippen molar-refractivity contribution in [1.29, 1.82) is 0 Å². The van der Waals surface area contributed by atoms with E-state index in [4.69, 9.17) is 5.73 Å². The molecule has 0 radical (unpaired) electrons. The number of benzene rings is 1. The lowest BCUT2D eigenvalue weighted by Gasteiger charge is -2.45. The molecule has 1 aliphatic rings. The Morgan fingerprint density at radius 1 is 1.37 bits per heavy atom. The number of aryl methyl sites for hydroxylation is 1. The molecule has 2 N–H and O–H groups in total. The van der Waals surface area contributed by atoms with E-state index in [2.05, 4.69) is 64.8 Å². The van der Waals surface area contributed by atoms with Gasteiger partial charge in [-0.1, -0.05) is 15.9 Å². The lowest BCUT2D eigenvalue weighted by Crippen LogP contribution is -2.56. The van der Waals surface area contributed by atoms with Crippen molar-refractivity contribution in [2.24, 2.45) is 5.73 Å². The van der Waals surface area contributed by atoms with Crippen molar-refractivity contribution in [3.05, 3.63) is 28.2 Å². The number of halogens is 1. The van der Waals surface area contributed by atoms with Crippen LogP contribution in [-0.4, -0.2) is 43.7 Å². The van der Waals surface area contributed by atoms with E-state index in [0.717, 1.165) is 26.1 Å². The largest absolute Gasteiger partial charge is 0.368 e. The van der Waals surface area contributed by atoms with Gasteiger partial charge in [-0.05, 0) is 57.6 Å². The highest BCUT2D eigenvalue weighted by Gasteiger charge is 2.29. The second-order valence-corrected chi connectivity index (χ2v) is 6.44. The maximum Gasteiger partial charge on any atom is 0.0370 e. The van der Waals surface area contributed by atoms with E-state index < -0.39 is 0 Å². The van der Waals surface area contributed by atoms with Gasteiger partial charge < -0.3 is 10.6 Å². The molecule has 1 aliphatic heterocycles. The number of hydrogen-bond acceptors (Lipinski definition) is 3. The lowest BCUT2D eigenvalue weighted by atomic mass is 10.0. The summed E-state index contributed by atoms with van der Waals surface area (Å²) in [4.78, 5) is 4.96. The Morgan fingerprint density at radius 2 is 2.11 bits per heavy atom. The molecular formula is C15H24BrN3. The fraction of sp³-hybridized carbons (Fsp3) is 0.600. The first kappa shape index (κ1) is 14.8. The van der Waals surface area contributed by atoms with Gasteiger partial charge in [0.15, 0.2) is 0 Å². The summed E-state index contributed by atoms with van der Waals surface area (Å²) in [6.45, 7) is 7.35. The summed E-state index contributed by atoms with van der Waals surface area (Å²) in [5, 5.41) is 0. The Balaban J connectivity index is 2.17. The molecule has 0 amide bonds. The van der Waals surface area contributed by atoms with Gasteiger partial charge in [-0.3, -0.25) is 4.90 Å². The maximum absolute atomic E-state index is 5.74. The van der Waals surface area contributed by atoms with Crippen LogP contribution in [0.2, 0.25) is 0 Å². The fourth-order valence-corrected chi connectivity index (χ4v) is 3.04. The first-order valence-electron chi connectivity index (χ1n) is 6.96. The third-order valence-electron chi connectivity index (χ3n) is 4.19. The Hall–Kier alpha value is -0.580. The molecule has 1 aromatic carbocycles. The minimum atomic E-state index is 0.553. The molecule has 1 fully saturated rings. The number of nitrogens with zero attached hydrogens (tertiary/aromatic N) is 2. The van der Waals surface area contributed by atoms with Gasteiger partial charge in [0.1, 0.15) is 0 Å². The molecule has 106 valence electrons. The van der Waals surface area contributed by atoms with Crippen molar-refractivity contribution in [3.8, 4) is 0 Å². The Morgan fingerprint density at radius 3 is 2.74 bits per heavy atom. The molecule has 0 spiro atoms. The lowest BCUT2D eigenvalue weighted by molar-refractivity contribution is 0.152. The summed E-state index contributed by atoms with van der Waals surface area (Å²) in [5.74, 6) is 0. The van der Waals surface area contributed by atoms with Crippen LogP contribution in [0.15, 0.2) is 22.7 Å². The summed E-state index contributed by atoms with van der Waals surface area (Å²) < 4.78 is 1.18. The molecule has 2 rings (SSSR count). The zero-order valence-electron chi connectivity index (χ0n) is 12.1. The van der Waals surface area contributed by atoms with Crippen LogP contribution in [0, 0.1) is 6.92 Å². The van der Waals surface area contributed by atoms with Crippen molar-refractivity contribution in [2.75, 3.05) is 31.6 Å².